The topological polar surface area (TPSA) is 58.2 Å². The molecular formula is C14H20N2O2S2. The van der Waals surface area contributed by atoms with Crippen molar-refractivity contribution in [2.75, 3.05) is 23.4 Å². The lowest BCUT2D eigenvalue weighted by molar-refractivity contribution is 0.543. The molecule has 0 amide bonds. The lowest BCUT2D eigenvalue weighted by Crippen LogP contribution is -2.38. The normalized spacial score (nSPS) is 22.9. The van der Waals surface area contributed by atoms with Crippen LogP contribution in [0.1, 0.15) is 24.8 Å². The average molecular weight is 312 g/mol. The summed E-state index contributed by atoms with van der Waals surface area (Å²) in [4.78, 5) is 0.399. The standard InChI is InChI=1S/C14H20N2O2S2/c17-20(18,16-12-4-2-8-19-10-12)13-5-6-14-11(9-13)3-1-7-15-14/h5-6,9,12,15-16H,1-4,7-8,10H2. The van der Waals surface area contributed by atoms with Crippen molar-refractivity contribution in [3.63, 3.8) is 0 Å². The van der Waals surface area contributed by atoms with Crippen molar-refractivity contribution in [2.45, 2.75) is 36.6 Å². The van der Waals surface area contributed by atoms with Gasteiger partial charge in [-0.05, 0) is 55.2 Å². The second-order valence-electron chi connectivity index (χ2n) is 5.38. The van der Waals surface area contributed by atoms with Gasteiger partial charge in [-0.25, -0.2) is 13.1 Å². The number of fused-ring (bicyclic) bond motifs is 1. The molecule has 2 heterocycles. The molecule has 0 bridgehead atoms. The van der Waals surface area contributed by atoms with Crippen LogP contribution in [-0.2, 0) is 16.4 Å². The van der Waals surface area contributed by atoms with Gasteiger partial charge in [-0.15, -0.1) is 0 Å². The summed E-state index contributed by atoms with van der Waals surface area (Å²) in [6.45, 7) is 0.969. The van der Waals surface area contributed by atoms with Gasteiger partial charge in [-0.3, -0.25) is 0 Å². The third kappa shape index (κ3) is 3.13. The van der Waals surface area contributed by atoms with Gasteiger partial charge in [0, 0.05) is 24.0 Å². The Morgan fingerprint density at radius 2 is 2.20 bits per heavy atom. The van der Waals surface area contributed by atoms with Crippen molar-refractivity contribution in [3.05, 3.63) is 23.8 Å². The molecule has 3 rings (SSSR count). The minimum Gasteiger partial charge on any atom is -0.385 e. The van der Waals surface area contributed by atoms with E-state index in [2.05, 4.69) is 10.0 Å². The summed E-state index contributed by atoms with van der Waals surface area (Å²) < 4.78 is 27.7. The molecule has 20 heavy (non-hydrogen) atoms. The molecule has 0 saturated carbocycles. The molecule has 1 unspecified atom stereocenters. The Bertz CT molecular complexity index is 581. The molecule has 6 heteroatoms. The molecule has 1 saturated heterocycles. The minimum absolute atomic E-state index is 0.0768. The molecule has 1 fully saturated rings. The number of thioether (sulfide) groups is 1. The number of nitrogens with one attached hydrogen (secondary N) is 2. The monoisotopic (exact) mass is 312 g/mol. The molecular weight excluding hydrogens is 292 g/mol. The lowest BCUT2D eigenvalue weighted by atomic mass is 10.0. The van der Waals surface area contributed by atoms with Gasteiger partial charge in [0.2, 0.25) is 10.0 Å². The Balaban J connectivity index is 1.79. The number of rotatable bonds is 3. The SMILES string of the molecule is O=S(=O)(NC1CCCSC1)c1ccc2c(c1)CCCN2. The zero-order chi connectivity index (χ0) is 14.0. The molecule has 0 aromatic heterocycles. The van der Waals surface area contributed by atoms with E-state index < -0.39 is 10.0 Å². The van der Waals surface area contributed by atoms with Crippen LogP contribution in [0.25, 0.3) is 0 Å². The van der Waals surface area contributed by atoms with Gasteiger partial charge in [-0.1, -0.05) is 0 Å². The molecule has 2 aliphatic heterocycles. The van der Waals surface area contributed by atoms with Gasteiger partial charge >= 0.3 is 0 Å². The van der Waals surface area contributed by atoms with E-state index in [1.807, 2.05) is 23.9 Å². The maximum absolute atomic E-state index is 12.4. The predicted molar refractivity (Wildman–Crippen MR) is 83.9 cm³/mol. The van der Waals surface area contributed by atoms with Gasteiger partial charge in [0.25, 0.3) is 0 Å². The Morgan fingerprint density at radius 3 is 3.00 bits per heavy atom. The van der Waals surface area contributed by atoms with Crippen LogP contribution < -0.4 is 10.0 Å². The second kappa shape index (κ2) is 5.95. The molecule has 2 N–H and O–H groups in total. The van der Waals surface area contributed by atoms with E-state index in [-0.39, 0.29) is 6.04 Å². The summed E-state index contributed by atoms with van der Waals surface area (Å²) >= 11 is 1.82. The van der Waals surface area contributed by atoms with Crippen LogP contribution in [0.2, 0.25) is 0 Å². The molecule has 4 nitrogen and oxygen atoms in total. The number of anilines is 1. The van der Waals surface area contributed by atoms with Crippen molar-refractivity contribution in [3.8, 4) is 0 Å². The highest BCUT2D eigenvalue weighted by molar-refractivity contribution is 7.99. The largest absolute Gasteiger partial charge is 0.385 e. The molecule has 2 aliphatic rings. The highest BCUT2D eigenvalue weighted by Gasteiger charge is 2.23. The van der Waals surface area contributed by atoms with Crippen LogP contribution in [0.15, 0.2) is 23.1 Å². The number of hydrogen-bond donors (Lipinski definition) is 2. The summed E-state index contributed by atoms with van der Waals surface area (Å²) in [5.74, 6) is 2.02. The molecule has 0 radical (unpaired) electrons. The van der Waals surface area contributed by atoms with Gasteiger partial charge < -0.3 is 5.32 Å². The van der Waals surface area contributed by atoms with Crippen molar-refractivity contribution in [1.82, 2.24) is 4.72 Å². The van der Waals surface area contributed by atoms with Gasteiger partial charge in [-0.2, -0.15) is 11.8 Å². The molecule has 0 aliphatic carbocycles. The molecule has 1 aromatic rings. The number of hydrogen-bond acceptors (Lipinski definition) is 4. The maximum atomic E-state index is 12.4. The first-order chi connectivity index (χ1) is 9.65. The fraction of sp³-hybridized carbons (Fsp3) is 0.571. The fourth-order valence-electron chi connectivity index (χ4n) is 2.74. The maximum Gasteiger partial charge on any atom is 0.240 e. The molecule has 0 spiro atoms. The first kappa shape index (κ1) is 14.2. The summed E-state index contributed by atoms with van der Waals surface area (Å²) in [7, 11) is -3.38. The highest BCUT2D eigenvalue weighted by atomic mass is 32.2. The molecule has 1 aromatic carbocycles. The van der Waals surface area contributed by atoms with Crippen LogP contribution in [0.4, 0.5) is 5.69 Å². The van der Waals surface area contributed by atoms with E-state index in [0.29, 0.717) is 4.90 Å². The van der Waals surface area contributed by atoms with Crippen LogP contribution in [0, 0.1) is 0 Å². The number of sulfonamides is 1. The van der Waals surface area contributed by atoms with E-state index in [1.165, 1.54) is 0 Å². The van der Waals surface area contributed by atoms with Gasteiger partial charge in [0.05, 0.1) is 4.90 Å². The smallest absolute Gasteiger partial charge is 0.240 e. The van der Waals surface area contributed by atoms with Crippen LogP contribution >= 0.6 is 11.8 Å². The van der Waals surface area contributed by atoms with Crippen molar-refractivity contribution in [1.29, 1.82) is 0 Å². The Labute approximate surface area is 124 Å². The summed E-state index contributed by atoms with van der Waals surface area (Å²) in [5.41, 5.74) is 2.18. The van der Waals surface area contributed by atoms with Crippen molar-refractivity contribution >= 4 is 27.5 Å². The van der Waals surface area contributed by atoms with E-state index in [1.54, 1.807) is 6.07 Å². The third-order valence-corrected chi connectivity index (χ3v) is 6.54. The second-order valence-corrected chi connectivity index (χ2v) is 8.25. The van der Waals surface area contributed by atoms with Gasteiger partial charge in [0.1, 0.15) is 0 Å². The van der Waals surface area contributed by atoms with Crippen molar-refractivity contribution < 1.29 is 8.42 Å². The minimum atomic E-state index is -3.38. The van der Waals surface area contributed by atoms with Crippen LogP contribution in [-0.4, -0.2) is 32.5 Å². The number of benzene rings is 1. The highest BCUT2D eigenvalue weighted by Crippen LogP contribution is 2.25. The predicted octanol–water partition coefficient (Wildman–Crippen LogP) is 2.22. The quantitative estimate of drug-likeness (QED) is 0.898. The summed E-state index contributed by atoms with van der Waals surface area (Å²) in [6, 6.07) is 5.49. The average Bonchev–Trinajstić information content (AvgIpc) is 2.47. The van der Waals surface area contributed by atoms with E-state index in [9.17, 15) is 8.42 Å². The van der Waals surface area contributed by atoms with Gasteiger partial charge in [0.15, 0.2) is 0 Å². The van der Waals surface area contributed by atoms with E-state index >= 15 is 0 Å². The van der Waals surface area contributed by atoms with E-state index in [4.69, 9.17) is 0 Å². The van der Waals surface area contributed by atoms with Crippen LogP contribution in [0.3, 0.4) is 0 Å². The molecule has 110 valence electrons. The zero-order valence-electron chi connectivity index (χ0n) is 11.4. The van der Waals surface area contributed by atoms with Crippen molar-refractivity contribution in [2.24, 2.45) is 0 Å². The Hall–Kier alpha value is -0.720. The third-order valence-electron chi connectivity index (χ3n) is 3.81. The van der Waals surface area contributed by atoms with Crippen LogP contribution in [0.5, 0.6) is 0 Å². The Kier molecular flexibility index (Phi) is 4.23. The summed E-state index contributed by atoms with van der Waals surface area (Å²) in [6.07, 6.45) is 4.04. The first-order valence-corrected chi connectivity index (χ1v) is 9.76. The number of aryl methyl sites for hydroxylation is 1. The Morgan fingerprint density at radius 1 is 1.30 bits per heavy atom. The zero-order valence-corrected chi connectivity index (χ0v) is 13.0. The fourth-order valence-corrected chi connectivity index (χ4v) is 5.24. The lowest BCUT2D eigenvalue weighted by Gasteiger charge is -2.23. The summed E-state index contributed by atoms with van der Waals surface area (Å²) in [5, 5.41) is 3.30. The van der Waals surface area contributed by atoms with E-state index in [0.717, 1.165) is 55.0 Å². The first-order valence-electron chi connectivity index (χ1n) is 7.12. The molecule has 1 atom stereocenters.